The summed E-state index contributed by atoms with van der Waals surface area (Å²) in [6, 6.07) is 0. The van der Waals surface area contributed by atoms with Gasteiger partial charge in [-0.25, -0.2) is 4.79 Å². The summed E-state index contributed by atoms with van der Waals surface area (Å²) in [5.74, 6) is 0.866. The molecular formula is C10H15N5O. The number of nitrogens with one attached hydrogen (secondary N) is 3. The lowest BCUT2D eigenvalue weighted by atomic mass is 10.2. The average Bonchev–Trinajstić information content (AvgIpc) is 2.77. The molecule has 6 heteroatoms. The van der Waals surface area contributed by atoms with Gasteiger partial charge in [0.1, 0.15) is 5.82 Å². The normalized spacial score (nSPS) is 19.9. The largest absolute Gasteiger partial charge is 0.354 e. The van der Waals surface area contributed by atoms with Gasteiger partial charge < -0.3 is 20.5 Å². The van der Waals surface area contributed by atoms with Gasteiger partial charge in [0.15, 0.2) is 0 Å². The van der Waals surface area contributed by atoms with Crippen LogP contribution in [0.2, 0.25) is 0 Å². The van der Waals surface area contributed by atoms with Crippen molar-refractivity contribution in [3.63, 3.8) is 0 Å². The third-order valence-corrected chi connectivity index (χ3v) is 3.12. The standard InChI is InChI=1S/C10H15N5O/c16-10-13-8-6-12-5-7(8)9(14-10)15-3-1-11-2-4-15/h11-12H,1-6H2,(H,13,14,16). The molecule has 0 spiro atoms. The van der Waals surface area contributed by atoms with Crippen LogP contribution in [0, 0.1) is 0 Å². The molecule has 16 heavy (non-hydrogen) atoms. The van der Waals surface area contributed by atoms with Crippen molar-refractivity contribution in [1.29, 1.82) is 0 Å². The number of hydrogen-bond donors (Lipinski definition) is 3. The number of fused-ring (bicyclic) bond motifs is 1. The van der Waals surface area contributed by atoms with E-state index in [1.54, 1.807) is 0 Å². The van der Waals surface area contributed by atoms with Crippen LogP contribution in [0.5, 0.6) is 0 Å². The van der Waals surface area contributed by atoms with Crippen LogP contribution in [-0.2, 0) is 13.1 Å². The molecule has 0 saturated carbocycles. The third-order valence-electron chi connectivity index (χ3n) is 3.12. The van der Waals surface area contributed by atoms with Gasteiger partial charge in [-0.1, -0.05) is 0 Å². The quantitative estimate of drug-likeness (QED) is 0.554. The van der Waals surface area contributed by atoms with Gasteiger partial charge in [-0.05, 0) is 0 Å². The molecule has 1 fully saturated rings. The highest BCUT2D eigenvalue weighted by atomic mass is 16.1. The minimum Gasteiger partial charge on any atom is -0.354 e. The van der Waals surface area contributed by atoms with E-state index in [-0.39, 0.29) is 5.69 Å². The van der Waals surface area contributed by atoms with E-state index in [1.165, 1.54) is 0 Å². The Hall–Kier alpha value is -1.40. The van der Waals surface area contributed by atoms with Crippen LogP contribution in [0.1, 0.15) is 11.3 Å². The maximum atomic E-state index is 11.5. The molecule has 3 heterocycles. The predicted molar refractivity (Wildman–Crippen MR) is 60.5 cm³/mol. The second-order valence-corrected chi connectivity index (χ2v) is 4.16. The van der Waals surface area contributed by atoms with Crippen LogP contribution in [0.15, 0.2) is 4.79 Å². The first-order chi connectivity index (χ1) is 7.84. The molecule has 2 aliphatic heterocycles. The molecule has 0 radical (unpaired) electrons. The topological polar surface area (TPSA) is 73.0 Å². The second-order valence-electron chi connectivity index (χ2n) is 4.16. The number of aromatic nitrogens is 2. The number of aromatic amines is 1. The summed E-state index contributed by atoms with van der Waals surface area (Å²) in [5.41, 5.74) is 1.91. The Bertz CT molecular complexity index is 449. The molecule has 0 bridgehead atoms. The van der Waals surface area contributed by atoms with Crippen LogP contribution in [0.3, 0.4) is 0 Å². The van der Waals surface area contributed by atoms with E-state index in [1.807, 2.05) is 0 Å². The van der Waals surface area contributed by atoms with Crippen molar-refractivity contribution >= 4 is 5.82 Å². The van der Waals surface area contributed by atoms with Crippen LogP contribution in [-0.4, -0.2) is 36.1 Å². The van der Waals surface area contributed by atoms with Crippen LogP contribution in [0.25, 0.3) is 0 Å². The van der Waals surface area contributed by atoms with E-state index in [4.69, 9.17) is 0 Å². The van der Waals surface area contributed by atoms with Gasteiger partial charge in [0, 0.05) is 50.5 Å². The number of anilines is 1. The molecule has 1 saturated heterocycles. The minimum absolute atomic E-state index is 0.240. The smallest absolute Gasteiger partial charge is 0.347 e. The van der Waals surface area contributed by atoms with Crippen LogP contribution >= 0.6 is 0 Å². The molecule has 0 unspecified atom stereocenters. The number of piperazine rings is 1. The van der Waals surface area contributed by atoms with E-state index in [0.717, 1.165) is 56.3 Å². The Kier molecular flexibility index (Phi) is 2.37. The molecule has 3 N–H and O–H groups in total. The summed E-state index contributed by atoms with van der Waals surface area (Å²) in [6.07, 6.45) is 0. The molecule has 0 aliphatic carbocycles. The highest BCUT2D eigenvalue weighted by Gasteiger charge is 2.22. The number of H-pyrrole nitrogens is 1. The van der Waals surface area contributed by atoms with E-state index >= 15 is 0 Å². The van der Waals surface area contributed by atoms with E-state index < -0.39 is 0 Å². The van der Waals surface area contributed by atoms with Crippen molar-refractivity contribution in [2.75, 3.05) is 31.1 Å². The first-order valence-corrected chi connectivity index (χ1v) is 5.63. The monoisotopic (exact) mass is 221 g/mol. The van der Waals surface area contributed by atoms with E-state index in [2.05, 4.69) is 25.5 Å². The Morgan fingerprint density at radius 3 is 2.75 bits per heavy atom. The molecule has 1 aromatic heterocycles. The molecule has 0 amide bonds. The van der Waals surface area contributed by atoms with Gasteiger partial charge >= 0.3 is 5.69 Å². The van der Waals surface area contributed by atoms with Gasteiger partial charge in [0.2, 0.25) is 0 Å². The third kappa shape index (κ3) is 1.60. The molecule has 0 atom stereocenters. The zero-order chi connectivity index (χ0) is 11.0. The Labute approximate surface area is 93.1 Å². The summed E-state index contributed by atoms with van der Waals surface area (Å²) < 4.78 is 0. The lowest BCUT2D eigenvalue weighted by molar-refractivity contribution is 0.582. The zero-order valence-corrected chi connectivity index (χ0v) is 9.05. The molecular weight excluding hydrogens is 206 g/mol. The number of rotatable bonds is 1. The fraction of sp³-hybridized carbons (Fsp3) is 0.600. The van der Waals surface area contributed by atoms with Gasteiger partial charge in [0.05, 0.1) is 0 Å². The Morgan fingerprint density at radius 1 is 1.12 bits per heavy atom. The highest BCUT2D eigenvalue weighted by Crippen LogP contribution is 2.22. The highest BCUT2D eigenvalue weighted by molar-refractivity contribution is 5.50. The van der Waals surface area contributed by atoms with Gasteiger partial charge in [-0.3, -0.25) is 0 Å². The summed E-state index contributed by atoms with van der Waals surface area (Å²) >= 11 is 0. The second kappa shape index (κ2) is 3.88. The Morgan fingerprint density at radius 2 is 1.94 bits per heavy atom. The van der Waals surface area contributed by atoms with Gasteiger partial charge in [-0.15, -0.1) is 0 Å². The van der Waals surface area contributed by atoms with Gasteiger partial charge in [0.25, 0.3) is 0 Å². The van der Waals surface area contributed by atoms with Crippen LogP contribution < -0.4 is 21.2 Å². The fourth-order valence-electron chi connectivity index (χ4n) is 2.32. The first-order valence-electron chi connectivity index (χ1n) is 5.63. The average molecular weight is 221 g/mol. The fourth-order valence-corrected chi connectivity index (χ4v) is 2.32. The maximum Gasteiger partial charge on any atom is 0.347 e. The molecule has 1 aromatic rings. The molecule has 86 valence electrons. The first kappa shape index (κ1) is 9.80. The zero-order valence-electron chi connectivity index (χ0n) is 9.05. The predicted octanol–water partition coefficient (Wildman–Crippen LogP) is -1.22. The molecule has 2 aliphatic rings. The summed E-state index contributed by atoms with van der Waals surface area (Å²) in [4.78, 5) is 20.6. The van der Waals surface area contributed by atoms with Gasteiger partial charge in [-0.2, -0.15) is 4.98 Å². The van der Waals surface area contributed by atoms with Crippen molar-refractivity contribution in [3.8, 4) is 0 Å². The van der Waals surface area contributed by atoms with Crippen LogP contribution in [0.4, 0.5) is 5.82 Å². The SMILES string of the molecule is O=c1nc(N2CCNCC2)c2c([nH]1)CNC2. The van der Waals surface area contributed by atoms with Crippen molar-refractivity contribution in [2.45, 2.75) is 13.1 Å². The summed E-state index contributed by atoms with van der Waals surface area (Å²) in [5, 5.41) is 6.54. The van der Waals surface area contributed by atoms with E-state index in [9.17, 15) is 4.79 Å². The number of nitrogens with zero attached hydrogens (tertiary/aromatic N) is 2. The van der Waals surface area contributed by atoms with Crippen molar-refractivity contribution in [3.05, 3.63) is 21.7 Å². The molecule has 3 rings (SSSR count). The van der Waals surface area contributed by atoms with Crippen molar-refractivity contribution in [1.82, 2.24) is 20.6 Å². The lowest BCUT2D eigenvalue weighted by Crippen LogP contribution is -2.45. The van der Waals surface area contributed by atoms with E-state index in [0.29, 0.717) is 0 Å². The number of hydrogen-bond acceptors (Lipinski definition) is 5. The lowest BCUT2D eigenvalue weighted by Gasteiger charge is -2.29. The maximum absolute atomic E-state index is 11.5. The minimum atomic E-state index is -0.240. The summed E-state index contributed by atoms with van der Waals surface area (Å²) in [7, 11) is 0. The van der Waals surface area contributed by atoms with Crippen molar-refractivity contribution in [2.24, 2.45) is 0 Å². The Balaban J connectivity index is 2.02. The molecule has 6 nitrogen and oxygen atoms in total. The molecule has 0 aromatic carbocycles. The van der Waals surface area contributed by atoms with Crippen molar-refractivity contribution < 1.29 is 0 Å². The summed E-state index contributed by atoms with van der Waals surface area (Å²) in [6.45, 7) is 5.30.